The van der Waals surface area contributed by atoms with Crippen molar-refractivity contribution >= 4 is 35.0 Å². The Balaban J connectivity index is 1.90. The molecule has 124 valence electrons. The van der Waals surface area contributed by atoms with Gasteiger partial charge in [0.1, 0.15) is 6.33 Å². The zero-order chi connectivity index (χ0) is 16.7. The molecule has 0 aliphatic carbocycles. The van der Waals surface area contributed by atoms with E-state index in [9.17, 15) is 4.79 Å². The van der Waals surface area contributed by atoms with E-state index >= 15 is 0 Å². The van der Waals surface area contributed by atoms with Crippen LogP contribution >= 0.6 is 23.4 Å². The van der Waals surface area contributed by atoms with Crippen molar-refractivity contribution in [2.24, 2.45) is 0 Å². The standard InChI is InChI=1S/C16H21ClN4OS/c1-3-4-5-10-21-11-18-20-16(21)23-12(2)15(22)19-14-8-6-13(17)7-9-14/h6-9,11-12H,3-5,10H2,1-2H3,(H,19,22)/t12-/m0/s1. The third-order valence-corrected chi connectivity index (χ3v) is 4.69. The van der Waals surface area contributed by atoms with E-state index in [1.54, 1.807) is 30.6 Å². The zero-order valence-electron chi connectivity index (χ0n) is 13.3. The molecule has 1 atom stereocenters. The molecule has 0 saturated heterocycles. The van der Waals surface area contributed by atoms with Crippen LogP contribution in [0.4, 0.5) is 5.69 Å². The number of halogens is 1. The average molecular weight is 353 g/mol. The van der Waals surface area contributed by atoms with Gasteiger partial charge in [-0.05, 0) is 37.6 Å². The molecule has 5 nitrogen and oxygen atoms in total. The molecule has 0 radical (unpaired) electrons. The summed E-state index contributed by atoms with van der Waals surface area (Å²) in [6, 6.07) is 7.06. The minimum absolute atomic E-state index is 0.0690. The molecule has 0 unspecified atom stereocenters. The minimum atomic E-state index is -0.264. The van der Waals surface area contributed by atoms with Gasteiger partial charge in [-0.25, -0.2) is 0 Å². The number of hydrogen-bond acceptors (Lipinski definition) is 4. The maximum atomic E-state index is 12.3. The molecule has 1 heterocycles. The van der Waals surface area contributed by atoms with Crippen LogP contribution in [0.1, 0.15) is 33.1 Å². The predicted octanol–water partition coefficient (Wildman–Crippen LogP) is 4.24. The van der Waals surface area contributed by atoms with E-state index < -0.39 is 0 Å². The predicted molar refractivity (Wildman–Crippen MR) is 94.9 cm³/mol. The Morgan fingerprint density at radius 1 is 1.35 bits per heavy atom. The first-order chi connectivity index (χ1) is 11.1. The van der Waals surface area contributed by atoms with Crippen molar-refractivity contribution in [3.05, 3.63) is 35.6 Å². The van der Waals surface area contributed by atoms with Gasteiger partial charge in [0, 0.05) is 17.3 Å². The fraction of sp³-hybridized carbons (Fsp3) is 0.438. The Hall–Kier alpha value is -1.53. The third-order valence-electron chi connectivity index (χ3n) is 3.35. The maximum Gasteiger partial charge on any atom is 0.237 e. The number of anilines is 1. The smallest absolute Gasteiger partial charge is 0.237 e. The van der Waals surface area contributed by atoms with Gasteiger partial charge in [-0.15, -0.1) is 10.2 Å². The lowest BCUT2D eigenvalue weighted by atomic mass is 10.2. The fourth-order valence-corrected chi connectivity index (χ4v) is 2.99. The molecule has 1 aromatic heterocycles. The van der Waals surface area contributed by atoms with Gasteiger partial charge in [0.2, 0.25) is 5.91 Å². The van der Waals surface area contributed by atoms with Crippen LogP contribution in [0.5, 0.6) is 0 Å². The van der Waals surface area contributed by atoms with Crippen LogP contribution in [0.25, 0.3) is 0 Å². The largest absolute Gasteiger partial charge is 0.325 e. The normalized spacial score (nSPS) is 12.1. The summed E-state index contributed by atoms with van der Waals surface area (Å²) in [7, 11) is 0. The molecular weight excluding hydrogens is 332 g/mol. The molecule has 1 amide bonds. The first-order valence-corrected chi connectivity index (χ1v) is 8.96. The van der Waals surface area contributed by atoms with Crippen LogP contribution < -0.4 is 5.32 Å². The first-order valence-electron chi connectivity index (χ1n) is 7.71. The van der Waals surface area contributed by atoms with Crippen LogP contribution in [0.3, 0.4) is 0 Å². The Kier molecular flexibility index (Phi) is 6.92. The molecule has 0 saturated carbocycles. The number of unbranched alkanes of at least 4 members (excludes halogenated alkanes) is 2. The Bertz CT molecular complexity index is 629. The number of aryl methyl sites for hydroxylation is 1. The van der Waals surface area contributed by atoms with Crippen LogP contribution in [-0.2, 0) is 11.3 Å². The van der Waals surface area contributed by atoms with Gasteiger partial charge in [-0.1, -0.05) is 43.1 Å². The highest BCUT2D eigenvalue weighted by molar-refractivity contribution is 8.00. The number of thioether (sulfide) groups is 1. The second kappa shape index (κ2) is 8.93. The van der Waals surface area contributed by atoms with Gasteiger partial charge in [0.25, 0.3) is 0 Å². The molecule has 1 N–H and O–H groups in total. The number of carbonyl (C=O) groups is 1. The second-order valence-corrected chi connectivity index (χ2v) is 7.01. The summed E-state index contributed by atoms with van der Waals surface area (Å²) in [6.45, 7) is 4.92. The number of benzene rings is 1. The molecule has 2 aromatic rings. The summed E-state index contributed by atoms with van der Waals surface area (Å²) < 4.78 is 2.01. The molecule has 1 aromatic carbocycles. The molecule has 0 fully saturated rings. The molecule has 0 aliphatic rings. The maximum absolute atomic E-state index is 12.3. The lowest BCUT2D eigenvalue weighted by molar-refractivity contribution is -0.115. The Labute approximate surface area is 145 Å². The summed E-state index contributed by atoms with van der Waals surface area (Å²) in [5, 5.41) is 12.1. The number of rotatable bonds is 8. The van der Waals surface area contributed by atoms with Crippen molar-refractivity contribution < 1.29 is 4.79 Å². The quantitative estimate of drug-likeness (QED) is 0.570. The summed E-state index contributed by atoms with van der Waals surface area (Å²) in [5.74, 6) is -0.0690. The van der Waals surface area contributed by atoms with Gasteiger partial charge in [-0.3, -0.25) is 4.79 Å². The monoisotopic (exact) mass is 352 g/mol. The summed E-state index contributed by atoms with van der Waals surface area (Å²) in [4.78, 5) is 12.3. The lowest BCUT2D eigenvalue weighted by Gasteiger charge is -2.12. The van der Waals surface area contributed by atoms with Crippen LogP contribution in [0.15, 0.2) is 35.7 Å². The van der Waals surface area contributed by atoms with E-state index in [4.69, 9.17) is 11.6 Å². The summed E-state index contributed by atoms with van der Waals surface area (Å²) in [5.41, 5.74) is 0.733. The number of amides is 1. The number of hydrogen-bond donors (Lipinski definition) is 1. The number of nitrogens with one attached hydrogen (secondary N) is 1. The zero-order valence-corrected chi connectivity index (χ0v) is 14.9. The van der Waals surface area contributed by atoms with E-state index in [0.29, 0.717) is 5.02 Å². The van der Waals surface area contributed by atoms with E-state index in [0.717, 1.165) is 23.8 Å². The van der Waals surface area contributed by atoms with E-state index in [1.807, 2.05) is 11.5 Å². The Morgan fingerprint density at radius 2 is 2.09 bits per heavy atom. The van der Waals surface area contributed by atoms with Crippen molar-refractivity contribution in [2.75, 3.05) is 5.32 Å². The van der Waals surface area contributed by atoms with Crippen LogP contribution in [0, 0.1) is 0 Å². The van der Waals surface area contributed by atoms with E-state index in [1.165, 1.54) is 24.6 Å². The van der Waals surface area contributed by atoms with Crippen LogP contribution in [-0.4, -0.2) is 25.9 Å². The molecule has 23 heavy (non-hydrogen) atoms. The highest BCUT2D eigenvalue weighted by Gasteiger charge is 2.18. The fourth-order valence-electron chi connectivity index (χ4n) is 2.01. The average Bonchev–Trinajstić information content (AvgIpc) is 2.97. The molecule has 7 heteroatoms. The van der Waals surface area contributed by atoms with Gasteiger partial charge in [0.05, 0.1) is 5.25 Å². The molecule has 0 bridgehead atoms. The van der Waals surface area contributed by atoms with E-state index in [-0.39, 0.29) is 11.2 Å². The number of carbonyl (C=O) groups excluding carboxylic acids is 1. The van der Waals surface area contributed by atoms with E-state index in [2.05, 4.69) is 22.4 Å². The number of aromatic nitrogens is 3. The summed E-state index contributed by atoms with van der Waals surface area (Å²) >= 11 is 7.26. The first kappa shape index (κ1) is 17.8. The van der Waals surface area contributed by atoms with Gasteiger partial charge in [-0.2, -0.15) is 0 Å². The highest BCUT2D eigenvalue weighted by Crippen LogP contribution is 2.23. The van der Waals surface area contributed by atoms with Crippen molar-refractivity contribution in [1.29, 1.82) is 0 Å². The van der Waals surface area contributed by atoms with Crippen molar-refractivity contribution in [2.45, 2.75) is 50.1 Å². The van der Waals surface area contributed by atoms with Gasteiger partial charge in [0.15, 0.2) is 5.16 Å². The van der Waals surface area contributed by atoms with Gasteiger partial charge >= 0.3 is 0 Å². The molecule has 0 aliphatic heterocycles. The number of nitrogens with zero attached hydrogens (tertiary/aromatic N) is 3. The Morgan fingerprint density at radius 3 is 2.78 bits per heavy atom. The molecule has 0 spiro atoms. The SMILES string of the molecule is CCCCCn1cnnc1S[C@@H](C)C(=O)Nc1ccc(Cl)cc1. The topological polar surface area (TPSA) is 59.8 Å². The van der Waals surface area contributed by atoms with Crippen molar-refractivity contribution in [1.82, 2.24) is 14.8 Å². The minimum Gasteiger partial charge on any atom is -0.325 e. The van der Waals surface area contributed by atoms with Crippen LogP contribution in [0.2, 0.25) is 5.02 Å². The van der Waals surface area contributed by atoms with Gasteiger partial charge < -0.3 is 9.88 Å². The molecular formula is C16H21ClN4OS. The highest BCUT2D eigenvalue weighted by atomic mass is 35.5. The van der Waals surface area contributed by atoms with Crippen molar-refractivity contribution in [3.8, 4) is 0 Å². The second-order valence-electron chi connectivity index (χ2n) is 5.27. The summed E-state index contributed by atoms with van der Waals surface area (Å²) in [6.07, 6.45) is 5.16. The molecule has 2 rings (SSSR count). The van der Waals surface area contributed by atoms with Crippen molar-refractivity contribution in [3.63, 3.8) is 0 Å². The lowest BCUT2D eigenvalue weighted by Crippen LogP contribution is -2.22. The third kappa shape index (κ3) is 5.55.